The van der Waals surface area contributed by atoms with Gasteiger partial charge in [0.1, 0.15) is 11.4 Å². The van der Waals surface area contributed by atoms with Crippen molar-refractivity contribution in [1.29, 1.82) is 0 Å². The summed E-state index contributed by atoms with van der Waals surface area (Å²) >= 11 is 0. The number of carbonyl (C=O) groups is 2. The van der Waals surface area contributed by atoms with E-state index < -0.39 is 21.4 Å². The topological polar surface area (TPSA) is 128 Å². The first-order chi connectivity index (χ1) is 13.4. The molecular formula is C19H31N2O7S+. The Hall–Kier alpha value is -2.17. The minimum atomic E-state index is -2.90. The van der Waals surface area contributed by atoms with Crippen LogP contribution >= 0.6 is 0 Å². The zero-order valence-electron chi connectivity index (χ0n) is 17.6. The first kappa shape index (κ1) is 24.9. The Morgan fingerprint density at radius 1 is 1.24 bits per heavy atom. The summed E-state index contributed by atoms with van der Waals surface area (Å²) in [5.41, 5.74) is 1.20. The molecule has 0 aliphatic carbocycles. The molecule has 0 saturated carbocycles. The van der Waals surface area contributed by atoms with E-state index in [2.05, 4.69) is 4.36 Å². The number of rotatable bonds is 9. The molecule has 1 atom stereocenters. The van der Waals surface area contributed by atoms with Crippen LogP contribution in [0.4, 0.5) is 10.5 Å². The van der Waals surface area contributed by atoms with Crippen molar-refractivity contribution in [2.45, 2.75) is 51.9 Å². The fraction of sp³-hybridized carbons (Fsp3) is 0.579. The first-order valence-electron chi connectivity index (χ1n) is 9.27. The molecule has 1 unspecified atom stereocenters. The normalized spacial score (nSPS) is 13.3. The van der Waals surface area contributed by atoms with Gasteiger partial charge in [-0.25, -0.2) is 14.2 Å². The van der Waals surface area contributed by atoms with Crippen molar-refractivity contribution in [3.63, 3.8) is 0 Å². The smallest absolute Gasteiger partial charge is 0.442 e. The summed E-state index contributed by atoms with van der Waals surface area (Å²) in [5, 5.41) is 9.35. The Kier molecular flexibility index (Phi) is 9.54. The summed E-state index contributed by atoms with van der Waals surface area (Å²) in [7, 11) is -2.90. The maximum absolute atomic E-state index is 12.7. The number of carbonyl (C=O) groups excluding carboxylic acids is 2. The van der Waals surface area contributed by atoms with Crippen LogP contribution in [0.3, 0.4) is 0 Å². The van der Waals surface area contributed by atoms with E-state index in [-0.39, 0.29) is 24.7 Å². The number of amides is 1. The second kappa shape index (κ2) is 11.1. The molecule has 9 nitrogen and oxygen atoms in total. The van der Waals surface area contributed by atoms with Crippen molar-refractivity contribution >= 4 is 27.5 Å². The molecule has 0 radical (unpaired) electrons. The maximum atomic E-state index is 12.7. The predicted octanol–water partition coefficient (Wildman–Crippen LogP) is 2.53. The van der Waals surface area contributed by atoms with Crippen molar-refractivity contribution in [2.24, 2.45) is 4.36 Å². The SMILES string of the molecule is CCOC(=O)CCCOc1cc(CS(C)(=O)=NC(=O)OC(C)(C)C)cc([NH2+]O)c1. The summed E-state index contributed by atoms with van der Waals surface area (Å²) < 4.78 is 32.0. The third kappa shape index (κ3) is 10.8. The molecule has 0 heterocycles. The van der Waals surface area contributed by atoms with Crippen LogP contribution in [0.25, 0.3) is 0 Å². The third-order valence-corrected chi connectivity index (χ3v) is 4.74. The lowest BCUT2D eigenvalue weighted by atomic mass is 10.2. The fourth-order valence-corrected chi connectivity index (χ4v) is 3.55. The summed E-state index contributed by atoms with van der Waals surface area (Å²) in [6.07, 6.45) is 1.20. The van der Waals surface area contributed by atoms with Crippen LogP contribution < -0.4 is 10.2 Å². The van der Waals surface area contributed by atoms with E-state index in [9.17, 15) is 19.0 Å². The largest absolute Gasteiger partial charge is 0.493 e. The highest BCUT2D eigenvalue weighted by Crippen LogP contribution is 2.21. The molecule has 0 aliphatic heterocycles. The number of esters is 1. The van der Waals surface area contributed by atoms with Gasteiger partial charge >= 0.3 is 12.1 Å². The van der Waals surface area contributed by atoms with Crippen LogP contribution in [-0.4, -0.2) is 46.5 Å². The van der Waals surface area contributed by atoms with E-state index in [0.29, 0.717) is 30.0 Å². The van der Waals surface area contributed by atoms with Gasteiger partial charge in [0, 0.05) is 24.8 Å². The van der Waals surface area contributed by atoms with Gasteiger partial charge in [-0.1, -0.05) is 0 Å². The summed E-state index contributed by atoms with van der Waals surface area (Å²) in [5.74, 6) is 0.135. The zero-order valence-corrected chi connectivity index (χ0v) is 18.4. The van der Waals surface area contributed by atoms with Gasteiger partial charge in [0.2, 0.25) is 0 Å². The van der Waals surface area contributed by atoms with Gasteiger partial charge in [-0.15, -0.1) is 4.36 Å². The lowest BCUT2D eigenvalue weighted by molar-refractivity contribution is -0.825. The third-order valence-electron chi connectivity index (χ3n) is 3.33. The van der Waals surface area contributed by atoms with Crippen molar-refractivity contribution in [3.8, 4) is 5.75 Å². The molecule has 29 heavy (non-hydrogen) atoms. The lowest BCUT2D eigenvalue weighted by Gasteiger charge is -2.17. The number of nitrogens with zero attached hydrogens (tertiary/aromatic N) is 1. The van der Waals surface area contributed by atoms with Crippen LogP contribution in [0, 0.1) is 0 Å². The van der Waals surface area contributed by atoms with Gasteiger partial charge in [-0.3, -0.25) is 4.79 Å². The van der Waals surface area contributed by atoms with Crippen molar-refractivity contribution in [3.05, 3.63) is 23.8 Å². The molecular weight excluding hydrogens is 400 g/mol. The summed E-state index contributed by atoms with van der Waals surface area (Å²) in [4.78, 5) is 23.2. The minimum Gasteiger partial charge on any atom is -0.493 e. The highest BCUT2D eigenvalue weighted by atomic mass is 32.2. The highest BCUT2D eigenvalue weighted by Gasteiger charge is 2.18. The second-order valence-corrected chi connectivity index (χ2v) is 9.86. The number of quaternary nitrogens is 1. The Morgan fingerprint density at radius 2 is 1.93 bits per heavy atom. The summed E-state index contributed by atoms with van der Waals surface area (Å²) in [6, 6.07) is 4.89. The highest BCUT2D eigenvalue weighted by molar-refractivity contribution is 7.92. The van der Waals surface area contributed by atoms with E-state index in [4.69, 9.17) is 14.2 Å². The van der Waals surface area contributed by atoms with E-state index in [1.165, 1.54) is 6.26 Å². The first-order valence-corrected chi connectivity index (χ1v) is 11.4. The van der Waals surface area contributed by atoms with Gasteiger partial charge in [-0.05, 0) is 45.7 Å². The second-order valence-electron chi connectivity index (χ2n) is 7.47. The molecule has 1 aromatic carbocycles. The zero-order chi connectivity index (χ0) is 22.1. The van der Waals surface area contributed by atoms with Gasteiger partial charge in [0.05, 0.1) is 28.7 Å². The monoisotopic (exact) mass is 431 g/mol. The fourth-order valence-electron chi connectivity index (χ4n) is 2.35. The molecule has 164 valence electrons. The van der Waals surface area contributed by atoms with E-state index >= 15 is 0 Å². The van der Waals surface area contributed by atoms with Crippen LogP contribution in [0.5, 0.6) is 5.75 Å². The quantitative estimate of drug-likeness (QED) is 0.266. The van der Waals surface area contributed by atoms with E-state index in [1.54, 1.807) is 45.9 Å². The molecule has 0 aliphatic rings. The Balaban J connectivity index is 2.83. The van der Waals surface area contributed by atoms with E-state index in [1.807, 2.05) is 0 Å². The van der Waals surface area contributed by atoms with Crippen LogP contribution in [0.1, 0.15) is 46.1 Å². The van der Waals surface area contributed by atoms with Gasteiger partial charge < -0.3 is 14.2 Å². The van der Waals surface area contributed by atoms with Gasteiger partial charge in [0.15, 0.2) is 5.69 Å². The Labute approximate surface area is 171 Å². The Bertz CT molecular complexity index is 824. The van der Waals surface area contributed by atoms with Gasteiger partial charge in [-0.2, -0.15) is 5.48 Å². The molecule has 3 N–H and O–H groups in total. The van der Waals surface area contributed by atoms with E-state index in [0.717, 1.165) is 5.48 Å². The van der Waals surface area contributed by atoms with Crippen LogP contribution in [0.2, 0.25) is 0 Å². The number of hydrogen-bond acceptors (Lipinski definition) is 7. The molecule has 0 saturated heterocycles. The lowest BCUT2D eigenvalue weighted by Crippen LogP contribution is -2.73. The minimum absolute atomic E-state index is 0.0207. The molecule has 0 fully saturated rings. The standard InChI is InChI=1S/C19H30N2O7S/c1-6-26-17(22)8-7-9-27-16-11-14(10-15(12-16)20-24)13-29(5,25)21-18(23)28-19(2,3)4/h10-12,20,24H,6-9,13H2,1-5H3/p+1. The molecule has 1 aromatic rings. The predicted molar refractivity (Wildman–Crippen MR) is 108 cm³/mol. The molecule has 1 amide bonds. The average Bonchev–Trinajstić information content (AvgIpc) is 2.55. The van der Waals surface area contributed by atoms with Crippen molar-refractivity contribution in [1.82, 2.24) is 0 Å². The summed E-state index contributed by atoms with van der Waals surface area (Å²) in [6.45, 7) is 7.45. The number of hydrogen-bond donors (Lipinski definition) is 2. The number of nitrogens with two attached hydrogens (primary N) is 1. The molecule has 1 rings (SSSR count). The number of ether oxygens (including phenoxy) is 3. The molecule has 10 heteroatoms. The van der Waals surface area contributed by atoms with Crippen LogP contribution in [0.15, 0.2) is 22.6 Å². The van der Waals surface area contributed by atoms with Gasteiger partial charge in [0.25, 0.3) is 0 Å². The Morgan fingerprint density at radius 3 is 2.52 bits per heavy atom. The average molecular weight is 432 g/mol. The van der Waals surface area contributed by atoms with Crippen molar-refractivity contribution < 1.29 is 38.7 Å². The number of benzene rings is 1. The molecule has 0 aromatic heterocycles. The van der Waals surface area contributed by atoms with Crippen molar-refractivity contribution in [2.75, 3.05) is 19.5 Å². The molecule has 0 bridgehead atoms. The van der Waals surface area contributed by atoms with Crippen LogP contribution in [-0.2, 0) is 29.8 Å². The maximum Gasteiger partial charge on any atom is 0.442 e. The molecule has 0 spiro atoms.